The molecule has 0 spiro atoms. The van der Waals surface area contributed by atoms with Gasteiger partial charge in [-0.15, -0.1) is 0 Å². The van der Waals surface area contributed by atoms with Crippen molar-refractivity contribution in [3.63, 3.8) is 0 Å². The first-order valence-corrected chi connectivity index (χ1v) is 8.12. The standard InChI is InChI=1S/C17H16N4O4S/c1-21-15(23)11(14(22)20-17(21)26)8-19-13(16(24)25)6-9-7-18-12-5-3-2-4-10(9)12/h2-5,7-8,13,18,23H,6H2,1H3,(H,24,25)(H,20,22,26). The lowest BCUT2D eigenvalue weighted by Gasteiger charge is -2.08. The SMILES string of the molecule is Cn1c(O)c(C=NC(Cc2c[nH]c3ccccc23)C(=O)O)c(=O)[nH]c1=S. The molecule has 0 radical (unpaired) electrons. The van der Waals surface area contributed by atoms with Crippen molar-refractivity contribution < 1.29 is 15.0 Å². The van der Waals surface area contributed by atoms with Gasteiger partial charge < -0.3 is 15.2 Å². The van der Waals surface area contributed by atoms with Crippen LogP contribution in [-0.4, -0.2) is 43.0 Å². The number of rotatable bonds is 5. The fraction of sp³-hybridized carbons (Fsp3) is 0.176. The van der Waals surface area contributed by atoms with E-state index in [4.69, 9.17) is 12.2 Å². The number of hydrogen-bond donors (Lipinski definition) is 4. The maximum atomic E-state index is 11.9. The minimum absolute atomic E-state index is 0.0539. The second-order valence-corrected chi connectivity index (χ2v) is 6.14. The van der Waals surface area contributed by atoms with Crippen LogP contribution in [0.25, 0.3) is 10.9 Å². The van der Waals surface area contributed by atoms with Gasteiger partial charge in [-0.25, -0.2) is 4.79 Å². The average molecular weight is 372 g/mol. The summed E-state index contributed by atoms with van der Waals surface area (Å²) in [6, 6.07) is 6.43. The summed E-state index contributed by atoms with van der Waals surface area (Å²) < 4.78 is 1.26. The normalized spacial score (nSPS) is 12.7. The predicted octanol–water partition coefficient (Wildman–Crippen LogP) is 1.74. The molecule has 0 saturated heterocycles. The number of para-hydroxylation sites is 1. The molecular weight excluding hydrogens is 356 g/mol. The summed E-state index contributed by atoms with van der Waals surface area (Å²) in [5.41, 5.74) is 0.921. The third-order valence-electron chi connectivity index (χ3n) is 4.09. The fourth-order valence-electron chi connectivity index (χ4n) is 2.62. The van der Waals surface area contributed by atoms with E-state index >= 15 is 0 Å². The minimum Gasteiger partial charge on any atom is -0.494 e. The third kappa shape index (κ3) is 3.29. The van der Waals surface area contributed by atoms with Crippen molar-refractivity contribution in [1.82, 2.24) is 14.5 Å². The number of benzene rings is 1. The van der Waals surface area contributed by atoms with Crippen molar-refractivity contribution in [2.45, 2.75) is 12.5 Å². The van der Waals surface area contributed by atoms with E-state index in [1.807, 2.05) is 24.3 Å². The van der Waals surface area contributed by atoms with Gasteiger partial charge in [-0.3, -0.25) is 19.3 Å². The van der Waals surface area contributed by atoms with Crippen LogP contribution in [0.3, 0.4) is 0 Å². The Labute approximate surface area is 152 Å². The lowest BCUT2D eigenvalue weighted by atomic mass is 10.1. The molecule has 0 aliphatic heterocycles. The van der Waals surface area contributed by atoms with E-state index in [-0.39, 0.29) is 22.6 Å². The van der Waals surface area contributed by atoms with E-state index in [0.717, 1.165) is 22.7 Å². The Hall–Kier alpha value is -3.20. The van der Waals surface area contributed by atoms with E-state index in [2.05, 4.69) is 15.0 Å². The van der Waals surface area contributed by atoms with Crippen LogP contribution >= 0.6 is 12.2 Å². The molecule has 1 unspecified atom stereocenters. The van der Waals surface area contributed by atoms with E-state index in [0.29, 0.717) is 0 Å². The number of carboxylic acid groups (broad SMARTS) is 1. The molecule has 0 fully saturated rings. The zero-order valence-electron chi connectivity index (χ0n) is 13.8. The fourth-order valence-corrected chi connectivity index (χ4v) is 2.80. The number of nitrogens with one attached hydrogen (secondary N) is 2. The van der Waals surface area contributed by atoms with Crippen molar-refractivity contribution in [2.75, 3.05) is 0 Å². The molecule has 8 nitrogen and oxygen atoms in total. The number of hydrogen-bond acceptors (Lipinski definition) is 5. The number of H-pyrrole nitrogens is 2. The summed E-state index contributed by atoms with van der Waals surface area (Å²) in [6.07, 6.45) is 2.95. The lowest BCUT2D eigenvalue weighted by Crippen LogP contribution is -2.22. The molecule has 0 aliphatic carbocycles. The van der Waals surface area contributed by atoms with E-state index in [1.165, 1.54) is 11.6 Å². The first-order valence-electron chi connectivity index (χ1n) is 7.71. The molecule has 1 atom stereocenters. The van der Waals surface area contributed by atoms with Crippen molar-refractivity contribution in [2.24, 2.45) is 12.0 Å². The van der Waals surface area contributed by atoms with Gasteiger partial charge in [0.1, 0.15) is 5.56 Å². The van der Waals surface area contributed by atoms with Gasteiger partial charge in [-0.1, -0.05) is 18.2 Å². The Bertz CT molecular complexity index is 1130. The third-order valence-corrected chi connectivity index (χ3v) is 4.46. The van der Waals surface area contributed by atoms with Gasteiger partial charge in [0.2, 0.25) is 5.88 Å². The Balaban J connectivity index is 1.94. The molecule has 0 bridgehead atoms. The summed E-state index contributed by atoms with van der Waals surface area (Å²) in [5, 5.41) is 20.4. The maximum absolute atomic E-state index is 11.9. The van der Waals surface area contributed by atoms with Crippen LogP contribution in [0.1, 0.15) is 11.1 Å². The van der Waals surface area contributed by atoms with Gasteiger partial charge in [0.05, 0.1) is 0 Å². The second kappa shape index (κ2) is 6.96. The van der Waals surface area contributed by atoms with E-state index in [9.17, 15) is 19.8 Å². The largest absolute Gasteiger partial charge is 0.494 e. The maximum Gasteiger partial charge on any atom is 0.328 e. The van der Waals surface area contributed by atoms with Gasteiger partial charge in [0, 0.05) is 36.8 Å². The molecule has 0 amide bonds. The lowest BCUT2D eigenvalue weighted by molar-refractivity contribution is -0.138. The number of aromatic amines is 2. The number of aromatic nitrogens is 3. The highest BCUT2D eigenvalue weighted by molar-refractivity contribution is 7.71. The molecule has 1 aromatic carbocycles. The number of aliphatic imine (C=N–C) groups is 1. The summed E-state index contributed by atoms with van der Waals surface area (Å²) in [6.45, 7) is 0. The Morgan fingerprint density at radius 3 is 2.88 bits per heavy atom. The summed E-state index contributed by atoms with van der Waals surface area (Å²) in [5.74, 6) is -1.51. The summed E-state index contributed by atoms with van der Waals surface area (Å²) >= 11 is 4.89. The van der Waals surface area contributed by atoms with Crippen LogP contribution in [0.4, 0.5) is 0 Å². The van der Waals surface area contributed by atoms with Gasteiger partial charge >= 0.3 is 5.97 Å². The Kier molecular flexibility index (Phi) is 4.72. The highest BCUT2D eigenvalue weighted by Gasteiger charge is 2.19. The van der Waals surface area contributed by atoms with Crippen LogP contribution in [0, 0.1) is 4.77 Å². The van der Waals surface area contributed by atoms with Crippen LogP contribution in [-0.2, 0) is 18.3 Å². The highest BCUT2D eigenvalue weighted by Crippen LogP contribution is 2.20. The average Bonchev–Trinajstić information content (AvgIpc) is 3.01. The molecular formula is C17H16N4O4S. The van der Waals surface area contributed by atoms with Crippen LogP contribution < -0.4 is 5.56 Å². The number of fused-ring (bicyclic) bond motifs is 1. The number of aromatic hydroxyl groups is 1. The molecule has 4 N–H and O–H groups in total. The number of nitrogens with zero attached hydrogens (tertiary/aromatic N) is 2. The topological polar surface area (TPSA) is 123 Å². The molecule has 0 saturated carbocycles. The molecule has 9 heteroatoms. The van der Waals surface area contributed by atoms with Crippen LogP contribution in [0.5, 0.6) is 5.88 Å². The van der Waals surface area contributed by atoms with E-state index in [1.54, 1.807) is 6.20 Å². The smallest absolute Gasteiger partial charge is 0.328 e. The molecule has 3 rings (SSSR count). The summed E-state index contributed by atoms with van der Waals surface area (Å²) in [4.78, 5) is 33.0. The molecule has 134 valence electrons. The zero-order valence-corrected chi connectivity index (χ0v) is 14.6. The van der Waals surface area contributed by atoms with Crippen LogP contribution in [0.2, 0.25) is 0 Å². The van der Waals surface area contributed by atoms with Crippen molar-refractivity contribution in [3.8, 4) is 5.88 Å². The Morgan fingerprint density at radius 2 is 2.15 bits per heavy atom. The zero-order chi connectivity index (χ0) is 18.8. The van der Waals surface area contributed by atoms with Crippen molar-refractivity contribution in [1.29, 1.82) is 0 Å². The van der Waals surface area contributed by atoms with Crippen molar-refractivity contribution >= 4 is 35.3 Å². The van der Waals surface area contributed by atoms with Gasteiger partial charge in [0.25, 0.3) is 5.56 Å². The molecule has 3 aromatic rings. The van der Waals surface area contributed by atoms with Crippen LogP contribution in [0.15, 0.2) is 40.2 Å². The minimum atomic E-state index is -1.13. The van der Waals surface area contributed by atoms with E-state index < -0.39 is 17.6 Å². The summed E-state index contributed by atoms with van der Waals surface area (Å²) in [7, 11) is 1.48. The molecule has 2 aromatic heterocycles. The first kappa shape index (κ1) is 17.6. The van der Waals surface area contributed by atoms with Gasteiger partial charge in [-0.2, -0.15) is 0 Å². The highest BCUT2D eigenvalue weighted by atomic mass is 32.1. The quantitative estimate of drug-likeness (QED) is 0.401. The molecule has 0 aliphatic rings. The monoisotopic (exact) mass is 372 g/mol. The number of aliphatic carboxylic acids is 1. The molecule has 26 heavy (non-hydrogen) atoms. The van der Waals surface area contributed by atoms with Crippen molar-refractivity contribution in [3.05, 3.63) is 56.7 Å². The van der Waals surface area contributed by atoms with Gasteiger partial charge in [0.15, 0.2) is 10.8 Å². The molecule has 2 heterocycles. The second-order valence-electron chi connectivity index (χ2n) is 5.75. The number of carboxylic acids is 1. The number of carbonyl (C=O) groups is 1. The predicted molar refractivity (Wildman–Crippen MR) is 99.6 cm³/mol. The first-order chi connectivity index (χ1) is 12.4. The van der Waals surface area contributed by atoms with Gasteiger partial charge in [-0.05, 0) is 23.8 Å². The Morgan fingerprint density at radius 1 is 1.42 bits per heavy atom.